The van der Waals surface area contributed by atoms with Crippen molar-refractivity contribution in [3.05, 3.63) is 70.0 Å². The first-order valence-electron chi connectivity index (χ1n) is 9.89. The van der Waals surface area contributed by atoms with Crippen molar-refractivity contribution >= 4 is 34.0 Å². The van der Waals surface area contributed by atoms with Gasteiger partial charge in [-0.15, -0.1) is 11.3 Å². The van der Waals surface area contributed by atoms with Crippen molar-refractivity contribution in [3.8, 4) is 16.3 Å². The van der Waals surface area contributed by atoms with E-state index in [0.717, 1.165) is 34.0 Å². The molecule has 0 atom stereocenters. The third kappa shape index (κ3) is 4.98. The summed E-state index contributed by atoms with van der Waals surface area (Å²) in [4.78, 5) is 22.6. The van der Waals surface area contributed by atoms with Gasteiger partial charge in [-0.05, 0) is 42.8 Å². The number of fused-ring (bicyclic) bond motifs is 1. The quantitative estimate of drug-likeness (QED) is 0.205. The molecule has 0 aliphatic carbocycles. The predicted molar refractivity (Wildman–Crippen MR) is 126 cm³/mol. The molecule has 0 N–H and O–H groups in total. The molecule has 0 saturated heterocycles. The molecule has 0 aliphatic heterocycles. The lowest BCUT2D eigenvalue weighted by atomic mass is 10.2. The second kappa shape index (κ2) is 10.1. The summed E-state index contributed by atoms with van der Waals surface area (Å²) in [6.45, 7) is 1.17. The first-order chi connectivity index (χ1) is 15.2. The third-order valence-electron chi connectivity index (χ3n) is 4.79. The normalized spacial score (nSPS) is 11.2. The van der Waals surface area contributed by atoms with Crippen LogP contribution in [-0.2, 0) is 17.0 Å². The molecule has 6 nitrogen and oxygen atoms in total. The van der Waals surface area contributed by atoms with Crippen LogP contribution >= 0.6 is 23.1 Å². The van der Waals surface area contributed by atoms with Gasteiger partial charge in [0.15, 0.2) is 5.16 Å². The summed E-state index contributed by atoms with van der Waals surface area (Å²) in [7, 11) is 3.32. The van der Waals surface area contributed by atoms with Crippen molar-refractivity contribution in [1.82, 2.24) is 14.5 Å². The number of methoxy groups -OCH3 is 2. The van der Waals surface area contributed by atoms with Crippen LogP contribution in [0.4, 0.5) is 0 Å². The van der Waals surface area contributed by atoms with Crippen LogP contribution in [-0.4, -0.2) is 35.4 Å². The lowest BCUT2D eigenvalue weighted by molar-refractivity contribution is 0.189. The Morgan fingerprint density at radius 1 is 1.06 bits per heavy atom. The maximum absolute atomic E-state index is 13.0. The molecule has 31 heavy (non-hydrogen) atoms. The monoisotopic (exact) mass is 453 g/mol. The van der Waals surface area contributed by atoms with Crippen molar-refractivity contribution in [1.29, 1.82) is 0 Å². The molecule has 0 radical (unpaired) electrons. The van der Waals surface area contributed by atoms with Gasteiger partial charge >= 0.3 is 0 Å². The van der Waals surface area contributed by atoms with E-state index in [1.54, 1.807) is 30.1 Å². The Hall–Kier alpha value is -2.68. The first kappa shape index (κ1) is 21.5. The SMILES string of the molecule is COCCCn1c(SCc2csc(-c3ccc(OC)cc3)n2)nc2ccccc2c1=O. The molecule has 0 bridgehead atoms. The molecule has 0 saturated carbocycles. The molecule has 2 aromatic heterocycles. The maximum atomic E-state index is 13.0. The van der Waals surface area contributed by atoms with Crippen LogP contribution in [0, 0.1) is 0 Å². The van der Waals surface area contributed by atoms with Crippen molar-refractivity contribution in [3.63, 3.8) is 0 Å². The van der Waals surface area contributed by atoms with E-state index in [4.69, 9.17) is 19.4 Å². The zero-order valence-electron chi connectivity index (χ0n) is 17.4. The zero-order valence-corrected chi connectivity index (χ0v) is 19.0. The Balaban J connectivity index is 1.56. The molecule has 8 heteroatoms. The van der Waals surface area contributed by atoms with Gasteiger partial charge in [-0.2, -0.15) is 0 Å². The van der Waals surface area contributed by atoms with Gasteiger partial charge in [0.25, 0.3) is 5.56 Å². The van der Waals surface area contributed by atoms with E-state index < -0.39 is 0 Å². The summed E-state index contributed by atoms with van der Waals surface area (Å²) < 4.78 is 12.1. The smallest absolute Gasteiger partial charge is 0.262 e. The summed E-state index contributed by atoms with van der Waals surface area (Å²) >= 11 is 3.14. The summed E-state index contributed by atoms with van der Waals surface area (Å²) in [5, 5.41) is 4.36. The van der Waals surface area contributed by atoms with Crippen molar-refractivity contribution in [2.24, 2.45) is 0 Å². The number of thioether (sulfide) groups is 1. The molecule has 0 aliphatic rings. The van der Waals surface area contributed by atoms with E-state index in [1.165, 1.54) is 11.8 Å². The van der Waals surface area contributed by atoms with E-state index in [2.05, 4.69) is 5.38 Å². The Labute approximate surface area is 188 Å². The van der Waals surface area contributed by atoms with Gasteiger partial charge in [-0.1, -0.05) is 23.9 Å². The number of aromatic nitrogens is 3. The molecule has 4 aromatic rings. The number of nitrogens with zero attached hydrogens (tertiary/aromatic N) is 3. The number of benzene rings is 2. The minimum Gasteiger partial charge on any atom is -0.497 e. The molecule has 2 aromatic carbocycles. The second-order valence-corrected chi connectivity index (χ2v) is 8.68. The zero-order chi connectivity index (χ0) is 21.6. The van der Waals surface area contributed by atoms with E-state index in [9.17, 15) is 4.79 Å². The molecule has 0 unspecified atom stereocenters. The van der Waals surface area contributed by atoms with Gasteiger partial charge in [0, 0.05) is 37.0 Å². The number of thiazole rings is 1. The van der Waals surface area contributed by atoms with E-state index >= 15 is 0 Å². The maximum Gasteiger partial charge on any atom is 0.262 e. The van der Waals surface area contributed by atoms with Crippen molar-refractivity contribution < 1.29 is 9.47 Å². The van der Waals surface area contributed by atoms with E-state index in [0.29, 0.717) is 29.4 Å². The molecule has 160 valence electrons. The number of ether oxygens (including phenoxy) is 2. The Bertz CT molecular complexity index is 1220. The molecule has 0 amide bonds. The average Bonchev–Trinajstić information content (AvgIpc) is 3.28. The van der Waals surface area contributed by atoms with Gasteiger partial charge in [-0.25, -0.2) is 9.97 Å². The highest BCUT2D eigenvalue weighted by atomic mass is 32.2. The predicted octanol–water partition coefficient (Wildman–Crippen LogP) is 4.86. The Morgan fingerprint density at radius 2 is 1.87 bits per heavy atom. The number of hydrogen-bond acceptors (Lipinski definition) is 7. The summed E-state index contributed by atoms with van der Waals surface area (Å²) in [6.07, 6.45) is 0.752. The van der Waals surface area contributed by atoms with Crippen molar-refractivity contribution in [2.75, 3.05) is 20.8 Å². The number of rotatable bonds is 9. The minimum atomic E-state index is -0.0126. The highest BCUT2D eigenvalue weighted by Gasteiger charge is 2.13. The van der Waals surface area contributed by atoms with Gasteiger partial charge in [0.05, 0.1) is 23.7 Å². The van der Waals surface area contributed by atoms with Crippen LogP contribution in [0.3, 0.4) is 0 Å². The second-order valence-electron chi connectivity index (χ2n) is 6.88. The fraction of sp³-hybridized carbons (Fsp3) is 0.261. The van der Waals surface area contributed by atoms with Gasteiger partial charge < -0.3 is 9.47 Å². The van der Waals surface area contributed by atoms with Gasteiger partial charge in [0.2, 0.25) is 0 Å². The third-order valence-corrected chi connectivity index (χ3v) is 6.74. The van der Waals surface area contributed by atoms with E-state index in [-0.39, 0.29) is 5.56 Å². The molecular formula is C23H23N3O3S2. The van der Waals surface area contributed by atoms with Gasteiger partial charge in [-0.3, -0.25) is 9.36 Å². The molecule has 0 spiro atoms. The standard InChI is InChI=1S/C23H23N3O3S2/c1-28-13-5-12-26-22(27)19-6-3-4-7-20(19)25-23(26)31-15-17-14-30-21(24-17)16-8-10-18(29-2)11-9-16/h3-4,6-11,14H,5,12-13,15H2,1-2H3. The molecule has 4 rings (SSSR count). The Morgan fingerprint density at radius 3 is 2.65 bits per heavy atom. The lowest BCUT2D eigenvalue weighted by Crippen LogP contribution is -2.24. The number of para-hydroxylation sites is 1. The highest BCUT2D eigenvalue weighted by Crippen LogP contribution is 2.29. The lowest BCUT2D eigenvalue weighted by Gasteiger charge is -2.12. The summed E-state index contributed by atoms with van der Waals surface area (Å²) in [5.41, 5.74) is 2.73. The van der Waals surface area contributed by atoms with Crippen LogP contribution in [0.25, 0.3) is 21.5 Å². The first-order valence-corrected chi connectivity index (χ1v) is 11.8. The van der Waals surface area contributed by atoms with Gasteiger partial charge in [0.1, 0.15) is 10.8 Å². The Kier molecular flexibility index (Phi) is 7.01. The van der Waals surface area contributed by atoms with Crippen molar-refractivity contribution in [2.45, 2.75) is 23.9 Å². The van der Waals surface area contributed by atoms with Crippen LogP contribution in [0.1, 0.15) is 12.1 Å². The fourth-order valence-electron chi connectivity index (χ4n) is 3.20. The van der Waals surface area contributed by atoms with Crippen LogP contribution in [0.15, 0.2) is 63.9 Å². The largest absolute Gasteiger partial charge is 0.497 e. The van der Waals surface area contributed by atoms with Crippen LogP contribution in [0.5, 0.6) is 5.75 Å². The minimum absolute atomic E-state index is 0.0126. The topological polar surface area (TPSA) is 66.2 Å². The molecular weight excluding hydrogens is 430 g/mol. The highest BCUT2D eigenvalue weighted by molar-refractivity contribution is 7.98. The molecule has 0 fully saturated rings. The van der Waals surface area contributed by atoms with E-state index in [1.807, 2.05) is 48.5 Å². The van der Waals surface area contributed by atoms with Crippen LogP contribution < -0.4 is 10.3 Å². The molecule has 2 heterocycles. The number of hydrogen-bond donors (Lipinski definition) is 0. The van der Waals surface area contributed by atoms with Crippen LogP contribution in [0.2, 0.25) is 0 Å². The average molecular weight is 454 g/mol. The summed E-state index contributed by atoms with van der Waals surface area (Å²) in [5.74, 6) is 1.46. The fourth-order valence-corrected chi connectivity index (χ4v) is 5.05. The summed E-state index contributed by atoms with van der Waals surface area (Å²) in [6, 6.07) is 15.4.